The minimum absolute atomic E-state index is 0.00127. The lowest BCUT2D eigenvalue weighted by Crippen LogP contribution is -2.24. The van der Waals surface area contributed by atoms with E-state index in [2.05, 4.69) is 10.5 Å². The molecule has 0 aliphatic rings. The number of amides is 1. The number of nitrogens with one attached hydrogen (secondary N) is 1. The third-order valence-electron chi connectivity index (χ3n) is 3.94. The van der Waals surface area contributed by atoms with Crippen molar-refractivity contribution >= 4 is 12.1 Å². The molecule has 0 unspecified atom stereocenters. The van der Waals surface area contributed by atoms with Gasteiger partial charge in [-0.05, 0) is 35.4 Å². The van der Waals surface area contributed by atoms with Gasteiger partial charge in [0.05, 0.1) is 13.3 Å². The molecule has 0 spiro atoms. The summed E-state index contributed by atoms with van der Waals surface area (Å²) in [5, 5.41) is 13.6. The summed E-state index contributed by atoms with van der Waals surface area (Å²) in [4.78, 5) is 12.0. The fourth-order valence-corrected chi connectivity index (χ4v) is 2.59. The number of benzene rings is 3. The van der Waals surface area contributed by atoms with Gasteiger partial charge in [-0.15, -0.1) is 0 Å². The van der Waals surface area contributed by atoms with Gasteiger partial charge in [0, 0.05) is 5.56 Å². The summed E-state index contributed by atoms with van der Waals surface area (Å²) >= 11 is 0. The molecule has 0 aliphatic carbocycles. The summed E-state index contributed by atoms with van der Waals surface area (Å²) in [5.41, 5.74) is 4.94. The highest BCUT2D eigenvalue weighted by Gasteiger charge is 2.08. The lowest BCUT2D eigenvalue weighted by atomic mass is 10.1. The number of phenols is 1. The van der Waals surface area contributed by atoms with E-state index in [4.69, 9.17) is 9.47 Å². The largest absolute Gasteiger partial charge is 0.504 e. The molecular weight excluding hydrogens is 356 g/mol. The van der Waals surface area contributed by atoms with Crippen LogP contribution in [0, 0.1) is 0 Å². The molecule has 0 atom stereocenters. The molecule has 0 saturated heterocycles. The number of hydrazone groups is 1. The number of phenolic OH excluding ortho intramolecular Hbond substituents is 1. The van der Waals surface area contributed by atoms with Crippen LogP contribution in [0.2, 0.25) is 0 Å². The molecule has 28 heavy (non-hydrogen) atoms. The highest BCUT2D eigenvalue weighted by Crippen LogP contribution is 2.29. The number of hydrogen-bond acceptors (Lipinski definition) is 5. The number of methoxy groups -OCH3 is 1. The van der Waals surface area contributed by atoms with Crippen molar-refractivity contribution in [2.45, 2.75) is 0 Å². The van der Waals surface area contributed by atoms with Crippen molar-refractivity contribution in [3.05, 3.63) is 78.4 Å². The van der Waals surface area contributed by atoms with Gasteiger partial charge in [-0.3, -0.25) is 4.79 Å². The third kappa shape index (κ3) is 4.88. The van der Waals surface area contributed by atoms with E-state index in [9.17, 15) is 9.90 Å². The average molecular weight is 376 g/mol. The Hall–Kier alpha value is -3.80. The molecule has 0 bridgehead atoms. The van der Waals surface area contributed by atoms with E-state index in [0.717, 1.165) is 11.1 Å². The second-order valence-corrected chi connectivity index (χ2v) is 5.88. The van der Waals surface area contributed by atoms with E-state index < -0.39 is 5.91 Å². The molecule has 2 N–H and O–H groups in total. The number of rotatable bonds is 7. The van der Waals surface area contributed by atoms with Gasteiger partial charge in [0.15, 0.2) is 18.1 Å². The standard InChI is InChI=1S/C22H20N2O4/c1-27-21-12-11-16(13-19(21)25)14-23-24-22(26)15-28-20-10-6-5-9-18(20)17-7-3-2-4-8-17/h2-14,25H,15H2,1H3,(H,24,26)/b23-14-. The van der Waals surface area contributed by atoms with E-state index >= 15 is 0 Å². The SMILES string of the molecule is COc1ccc(/C=N\NC(=O)COc2ccccc2-c2ccccc2)cc1O. The Morgan fingerprint density at radius 2 is 1.79 bits per heavy atom. The summed E-state index contributed by atoms with van der Waals surface area (Å²) in [6.07, 6.45) is 1.43. The van der Waals surface area contributed by atoms with E-state index in [1.807, 2.05) is 54.6 Å². The van der Waals surface area contributed by atoms with Gasteiger partial charge in [0.25, 0.3) is 5.91 Å². The van der Waals surface area contributed by atoms with Gasteiger partial charge in [-0.25, -0.2) is 5.43 Å². The van der Waals surface area contributed by atoms with Crippen molar-refractivity contribution in [1.29, 1.82) is 0 Å². The van der Waals surface area contributed by atoms with Crippen LogP contribution in [0.3, 0.4) is 0 Å². The normalized spacial score (nSPS) is 10.6. The van der Waals surface area contributed by atoms with Crippen LogP contribution in [-0.2, 0) is 4.79 Å². The van der Waals surface area contributed by atoms with Gasteiger partial charge in [0.2, 0.25) is 0 Å². The summed E-state index contributed by atoms with van der Waals surface area (Å²) in [6, 6.07) is 22.2. The van der Waals surface area contributed by atoms with E-state index in [1.165, 1.54) is 19.4 Å². The number of ether oxygens (including phenoxy) is 2. The van der Waals surface area contributed by atoms with Crippen LogP contribution in [0.1, 0.15) is 5.56 Å². The number of carbonyl (C=O) groups is 1. The first-order valence-corrected chi connectivity index (χ1v) is 8.63. The lowest BCUT2D eigenvalue weighted by molar-refractivity contribution is -0.123. The smallest absolute Gasteiger partial charge is 0.277 e. The fourth-order valence-electron chi connectivity index (χ4n) is 2.59. The molecule has 142 valence electrons. The molecule has 3 aromatic rings. The van der Waals surface area contributed by atoms with Crippen molar-refractivity contribution in [2.24, 2.45) is 5.10 Å². The summed E-state index contributed by atoms with van der Waals surface area (Å²) in [7, 11) is 1.47. The average Bonchev–Trinajstić information content (AvgIpc) is 2.73. The molecule has 0 aliphatic heterocycles. The first-order chi connectivity index (χ1) is 13.7. The van der Waals surface area contributed by atoms with Crippen LogP contribution >= 0.6 is 0 Å². The van der Waals surface area contributed by atoms with Crippen LogP contribution in [0.5, 0.6) is 17.2 Å². The summed E-state index contributed by atoms with van der Waals surface area (Å²) < 4.78 is 10.6. The van der Waals surface area contributed by atoms with Crippen LogP contribution in [-0.4, -0.2) is 30.9 Å². The molecule has 0 fully saturated rings. The zero-order chi connectivity index (χ0) is 19.8. The number of carbonyl (C=O) groups excluding carboxylic acids is 1. The Kier molecular flexibility index (Phi) is 6.25. The zero-order valence-corrected chi connectivity index (χ0v) is 15.3. The van der Waals surface area contributed by atoms with Gasteiger partial charge < -0.3 is 14.6 Å². The van der Waals surface area contributed by atoms with E-state index in [1.54, 1.807) is 12.1 Å². The second kappa shape index (κ2) is 9.23. The van der Waals surface area contributed by atoms with E-state index in [0.29, 0.717) is 17.1 Å². The van der Waals surface area contributed by atoms with Crippen molar-refractivity contribution in [1.82, 2.24) is 5.43 Å². The van der Waals surface area contributed by atoms with Crippen molar-refractivity contribution in [3.63, 3.8) is 0 Å². The summed E-state index contributed by atoms with van der Waals surface area (Å²) in [6.45, 7) is -0.172. The predicted octanol–water partition coefficient (Wildman–Crippen LogP) is 3.60. The van der Waals surface area contributed by atoms with Crippen LogP contribution in [0.4, 0.5) is 0 Å². The number of aromatic hydroxyl groups is 1. The van der Waals surface area contributed by atoms with Crippen LogP contribution in [0.25, 0.3) is 11.1 Å². The first kappa shape index (κ1) is 19.0. The summed E-state index contributed by atoms with van der Waals surface area (Å²) in [5.74, 6) is 0.593. The van der Waals surface area contributed by atoms with Crippen molar-refractivity contribution in [2.75, 3.05) is 13.7 Å². The molecular formula is C22H20N2O4. The molecule has 1 amide bonds. The third-order valence-corrected chi connectivity index (χ3v) is 3.94. The van der Waals surface area contributed by atoms with Gasteiger partial charge >= 0.3 is 0 Å². The molecule has 0 aromatic heterocycles. The maximum absolute atomic E-state index is 12.0. The maximum Gasteiger partial charge on any atom is 0.277 e. The fraction of sp³-hybridized carbons (Fsp3) is 0.0909. The van der Waals surface area contributed by atoms with E-state index in [-0.39, 0.29) is 12.4 Å². The molecule has 3 aromatic carbocycles. The highest BCUT2D eigenvalue weighted by atomic mass is 16.5. The monoisotopic (exact) mass is 376 g/mol. The second-order valence-electron chi connectivity index (χ2n) is 5.88. The lowest BCUT2D eigenvalue weighted by Gasteiger charge is -2.10. The minimum Gasteiger partial charge on any atom is -0.504 e. The Morgan fingerprint density at radius 3 is 2.54 bits per heavy atom. The Morgan fingerprint density at radius 1 is 1.04 bits per heavy atom. The van der Waals surface area contributed by atoms with Crippen molar-refractivity contribution < 1.29 is 19.4 Å². The van der Waals surface area contributed by atoms with Crippen LogP contribution < -0.4 is 14.9 Å². The topological polar surface area (TPSA) is 80.2 Å². The minimum atomic E-state index is -0.392. The molecule has 0 heterocycles. The zero-order valence-electron chi connectivity index (χ0n) is 15.3. The number of nitrogens with zero attached hydrogens (tertiary/aromatic N) is 1. The highest BCUT2D eigenvalue weighted by molar-refractivity contribution is 5.83. The molecule has 6 nitrogen and oxygen atoms in total. The first-order valence-electron chi connectivity index (χ1n) is 8.63. The van der Waals surface area contributed by atoms with Gasteiger partial charge in [-0.2, -0.15) is 5.10 Å². The predicted molar refractivity (Wildman–Crippen MR) is 108 cm³/mol. The number of hydrogen-bond donors (Lipinski definition) is 2. The Balaban J connectivity index is 1.57. The molecule has 0 radical (unpaired) electrons. The quantitative estimate of drug-likeness (QED) is 0.488. The molecule has 6 heteroatoms. The van der Waals surface area contributed by atoms with Crippen molar-refractivity contribution in [3.8, 4) is 28.4 Å². The van der Waals surface area contributed by atoms with Crippen LogP contribution in [0.15, 0.2) is 77.9 Å². The Labute approximate surface area is 163 Å². The maximum atomic E-state index is 12.0. The van der Waals surface area contributed by atoms with Gasteiger partial charge in [-0.1, -0.05) is 48.5 Å². The van der Waals surface area contributed by atoms with Gasteiger partial charge in [0.1, 0.15) is 5.75 Å². The molecule has 3 rings (SSSR count). The Bertz CT molecular complexity index is 971. The molecule has 0 saturated carbocycles. The number of para-hydroxylation sites is 1.